The first-order valence-electron chi connectivity index (χ1n) is 10.6. The number of piperazine rings is 1. The number of hydrogen-bond acceptors (Lipinski definition) is 8. The third kappa shape index (κ3) is 3.74. The van der Waals surface area contributed by atoms with Gasteiger partial charge in [-0.1, -0.05) is 18.0 Å². The van der Waals surface area contributed by atoms with Crippen LogP contribution in [0.15, 0.2) is 6.20 Å². The normalized spacial score (nSPS) is 20.6. The van der Waals surface area contributed by atoms with Gasteiger partial charge in [-0.25, -0.2) is 9.97 Å². The van der Waals surface area contributed by atoms with Crippen LogP contribution < -0.4 is 10.6 Å². The summed E-state index contributed by atoms with van der Waals surface area (Å²) in [7, 11) is 0. The van der Waals surface area contributed by atoms with Crippen LogP contribution in [0.25, 0.3) is 0 Å². The molecule has 2 aromatic rings. The zero-order chi connectivity index (χ0) is 20.7. The number of rotatable bonds is 3. The fourth-order valence-electron chi connectivity index (χ4n) is 4.43. The molecule has 1 saturated heterocycles. The van der Waals surface area contributed by atoms with Crippen LogP contribution in [0.5, 0.6) is 0 Å². The summed E-state index contributed by atoms with van der Waals surface area (Å²) in [4.78, 5) is 29.1. The number of nitrogens with two attached hydrogens (primary N) is 1. The maximum atomic E-state index is 12.8. The SMILES string of the molecule is Nc1snc(C(=O)N2CCc3cnc(N4CCN(C5CCC5)CC4)nc3CC2)c1Cl. The Bertz CT molecular complexity index is 939. The van der Waals surface area contributed by atoms with Gasteiger partial charge in [0, 0.05) is 57.9 Å². The van der Waals surface area contributed by atoms with Crippen LogP contribution in [0.3, 0.4) is 0 Å². The van der Waals surface area contributed by atoms with Gasteiger partial charge < -0.3 is 15.5 Å². The lowest BCUT2D eigenvalue weighted by molar-refractivity contribution is 0.0758. The Labute approximate surface area is 185 Å². The summed E-state index contributed by atoms with van der Waals surface area (Å²) < 4.78 is 4.13. The molecule has 0 radical (unpaired) electrons. The Kier molecular flexibility index (Phi) is 5.51. The monoisotopic (exact) mass is 447 g/mol. The van der Waals surface area contributed by atoms with Gasteiger partial charge in [0.05, 0.1) is 5.69 Å². The van der Waals surface area contributed by atoms with Crippen LogP contribution >= 0.6 is 23.1 Å². The molecule has 0 unspecified atom stereocenters. The van der Waals surface area contributed by atoms with E-state index in [0.717, 1.165) is 67.4 Å². The van der Waals surface area contributed by atoms with Gasteiger partial charge in [-0.05, 0) is 36.4 Å². The molecular weight excluding hydrogens is 422 g/mol. The summed E-state index contributed by atoms with van der Waals surface area (Å²) >= 11 is 7.20. The highest BCUT2D eigenvalue weighted by Gasteiger charge is 2.29. The summed E-state index contributed by atoms with van der Waals surface area (Å²) in [6.45, 7) is 5.32. The van der Waals surface area contributed by atoms with Gasteiger partial charge in [0.2, 0.25) is 5.95 Å². The van der Waals surface area contributed by atoms with Crippen molar-refractivity contribution in [3.8, 4) is 0 Å². The Morgan fingerprint density at radius 2 is 1.90 bits per heavy atom. The summed E-state index contributed by atoms with van der Waals surface area (Å²) in [6.07, 6.45) is 7.45. The Morgan fingerprint density at radius 1 is 1.13 bits per heavy atom. The highest BCUT2D eigenvalue weighted by Crippen LogP contribution is 2.29. The van der Waals surface area contributed by atoms with Gasteiger partial charge in [-0.3, -0.25) is 9.69 Å². The van der Waals surface area contributed by atoms with E-state index >= 15 is 0 Å². The van der Waals surface area contributed by atoms with Crippen molar-refractivity contribution < 1.29 is 4.79 Å². The van der Waals surface area contributed by atoms with Crippen molar-refractivity contribution in [2.45, 2.75) is 38.1 Å². The van der Waals surface area contributed by atoms with Gasteiger partial charge >= 0.3 is 0 Å². The molecule has 0 bridgehead atoms. The third-order valence-corrected chi connectivity index (χ3v) is 7.72. The summed E-state index contributed by atoms with van der Waals surface area (Å²) in [5.41, 5.74) is 8.17. The highest BCUT2D eigenvalue weighted by atomic mass is 35.5. The lowest BCUT2D eigenvalue weighted by atomic mass is 9.91. The Morgan fingerprint density at radius 3 is 2.57 bits per heavy atom. The molecule has 2 aliphatic heterocycles. The van der Waals surface area contributed by atoms with E-state index in [0.29, 0.717) is 24.5 Å². The highest BCUT2D eigenvalue weighted by molar-refractivity contribution is 7.11. The molecule has 8 nitrogen and oxygen atoms in total. The number of carbonyl (C=O) groups is 1. The number of hydrogen-bond donors (Lipinski definition) is 1. The Balaban J connectivity index is 1.24. The molecular formula is C20H26ClN7OS. The number of amides is 1. The van der Waals surface area contributed by atoms with E-state index in [2.05, 4.69) is 19.2 Å². The number of carbonyl (C=O) groups excluding carboxylic acids is 1. The molecule has 0 atom stereocenters. The maximum absolute atomic E-state index is 12.8. The van der Waals surface area contributed by atoms with Crippen molar-refractivity contribution in [3.05, 3.63) is 28.2 Å². The molecule has 160 valence electrons. The molecule has 0 aromatic carbocycles. The van der Waals surface area contributed by atoms with Crippen molar-refractivity contribution >= 4 is 40.0 Å². The van der Waals surface area contributed by atoms with Gasteiger partial charge in [0.25, 0.3) is 5.91 Å². The second kappa shape index (κ2) is 8.28. The van der Waals surface area contributed by atoms with Crippen LogP contribution in [0.2, 0.25) is 5.02 Å². The van der Waals surface area contributed by atoms with E-state index in [9.17, 15) is 4.79 Å². The minimum absolute atomic E-state index is 0.166. The van der Waals surface area contributed by atoms with Gasteiger partial charge in [-0.2, -0.15) is 4.37 Å². The van der Waals surface area contributed by atoms with Gasteiger partial charge in [-0.15, -0.1) is 0 Å². The van der Waals surface area contributed by atoms with Crippen molar-refractivity contribution in [2.75, 3.05) is 49.9 Å². The first kappa shape index (κ1) is 20.0. The zero-order valence-corrected chi connectivity index (χ0v) is 18.5. The van der Waals surface area contributed by atoms with Gasteiger partial charge in [0.15, 0.2) is 5.69 Å². The number of nitrogen functional groups attached to an aromatic ring is 1. The van der Waals surface area contributed by atoms with Crippen molar-refractivity contribution in [3.63, 3.8) is 0 Å². The first-order chi connectivity index (χ1) is 14.6. The fraction of sp³-hybridized carbons (Fsp3) is 0.600. The number of anilines is 2. The standard InChI is InChI=1S/C20H26ClN7OS/c21-16-17(25-30-18(16)22)19(29)27-6-4-13-12-23-20(24-15(13)5-7-27)28-10-8-26(9-11-28)14-2-1-3-14/h12,14H,1-11,22H2. The van der Waals surface area contributed by atoms with Crippen molar-refractivity contribution in [2.24, 2.45) is 0 Å². The van der Waals surface area contributed by atoms with Gasteiger partial charge in [0.1, 0.15) is 10.0 Å². The Hall–Kier alpha value is -1.97. The minimum atomic E-state index is -0.166. The smallest absolute Gasteiger partial charge is 0.275 e. The van der Waals surface area contributed by atoms with Crippen LogP contribution in [0, 0.1) is 0 Å². The fourth-order valence-corrected chi connectivity index (χ4v) is 5.25. The van der Waals surface area contributed by atoms with Crippen LogP contribution in [-0.2, 0) is 12.8 Å². The molecule has 1 amide bonds. The largest absolute Gasteiger partial charge is 0.388 e. The summed E-state index contributed by atoms with van der Waals surface area (Å²) in [5, 5.41) is 0.640. The second-order valence-electron chi connectivity index (χ2n) is 8.25. The number of fused-ring (bicyclic) bond motifs is 1. The number of halogens is 1. The quantitative estimate of drug-likeness (QED) is 0.770. The molecule has 1 aliphatic carbocycles. The average Bonchev–Trinajstić information content (AvgIpc) is 2.93. The van der Waals surface area contributed by atoms with E-state index in [1.807, 2.05) is 6.20 Å². The lowest BCUT2D eigenvalue weighted by Crippen LogP contribution is -2.52. The molecule has 30 heavy (non-hydrogen) atoms. The van der Waals surface area contributed by atoms with E-state index in [1.165, 1.54) is 19.3 Å². The molecule has 2 aromatic heterocycles. The summed E-state index contributed by atoms with van der Waals surface area (Å²) in [6, 6.07) is 0.796. The zero-order valence-electron chi connectivity index (χ0n) is 16.9. The van der Waals surface area contributed by atoms with Crippen LogP contribution in [-0.4, -0.2) is 75.4 Å². The van der Waals surface area contributed by atoms with E-state index in [4.69, 9.17) is 22.3 Å². The predicted octanol–water partition coefficient (Wildman–Crippen LogP) is 2.08. The minimum Gasteiger partial charge on any atom is -0.388 e. The third-order valence-electron chi connectivity index (χ3n) is 6.55. The van der Waals surface area contributed by atoms with E-state index in [1.54, 1.807) is 4.90 Å². The van der Waals surface area contributed by atoms with Crippen LogP contribution in [0.4, 0.5) is 10.9 Å². The lowest BCUT2D eigenvalue weighted by Gasteiger charge is -2.43. The van der Waals surface area contributed by atoms with Crippen molar-refractivity contribution in [1.82, 2.24) is 24.1 Å². The first-order valence-corrected chi connectivity index (χ1v) is 11.8. The van der Waals surface area contributed by atoms with E-state index < -0.39 is 0 Å². The average molecular weight is 448 g/mol. The van der Waals surface area contributed by atoms with Crippen LogP contribution in [0.1, 0.15) is 41.0 Å². The topological polar surface area (TPSA) is 91.5 Å². The predicted molar refractivity (Wildman–Crippen MR) is 118 cm³/mol. The number of nitrogens with zero attached hydrogens (tertiary/aromatic N) is 6. The van der Waals surface area contributed by atoms with Crippen molar-refractivity contribution in [1.29, 1.82) is 0 Å². The molecule has 1 saturated carbocycles. The molecule has 2 N–H and O–H groups in total. The summed E-state index contributed by atoms with van der Waals surface area (Å²) in [5.74, 6) is 0.651. The molecule has 10 heteroatoms. The molecule has 5 rings (SSSR count). The molecule has 3 aliphatic rings. The van der Waals surface area contributed by atoms with E-state index in [-0.39, 0.29) is 16.6 Å². The second-order valence-corrected chi connectivity index (χ2v) is 9.43. The molecule has 0 spiro atoms. The molecule has 4 heterocycles. The number of aromatic nitrogens is 3. The molecule has 2 fully saturated rings. The maximum Gasteiger partial charge on any atom is 0.275 e.